The lowest BCUT2D eigenvalue weighted by Gasteiger charge is -2.32. The third-order valence-electron chi connectivity index (χ3n) is 12.1. The number of thiophene rings is 2. The molecule has 0 amide bonds. The Balaban J connectivity index is 0.913. The van der Waals surface area contributed by atoms with Gasteiger partial charge in [0.2, 0.25) is 0 Å². The van der Waals surface area contributed by atoms with E-state index in [1.54, 1.807) is 0 Å². The van der Waals surface area contributed by atoms with Gasteiger partial charge >= 0.3 is 0 Å². The van der Waals surface area contributed by atoms with Crippen LogP contribution in [-0.2, 0) is 12.8 Å². The summed E-state index contributed by atoms with van der Waals surface area (Å²) in [6.07, 6.45) is 12.5. The molecule has 0 spiro atoms. The summed E-state index contributed by atoms with van der Waals surface area (Å²) in [5, 5.41) is 12.8. The molecule has 0 fully saturated rings. The molecule has 0 saturated carbocycles. The van der Waals surface area contributed by atoms with Crippen molar-refractivity contribution in [2.75, 3.05) is 0 Å². The van der Waals surface area contributed by atoms with Crippen molar-refractivity contribution in [3.8, 4) is 11.1 Å². The van der Waals surface area contributed by atoms with Crippen LogP contribution >= 0.6 is 22.7 Å². The zero-order valence-corrected chi connectivity index (χ0v) is 32.8. The Morgan fingerprint density at radius 3 is 2.05 bits per heavy atom. The Kier molecular flexibility index (Phi) is 7.71. The van der Waals surface area contributed by atoms with Crippen molar-refractivity contribution in [3.63, 3.8) is 0 Å². The quantitative estimate of drug-likeness (QED) is 0.183. The topological polar surface area (TPSA) is 41.4 Å². The zero-order valence-electron chi connectivity index (χ0n) is 31.2. The van der Waals surface area contributed by atoms with Crippen LogP contribution in [0.5, 0.6) is 0 Å². The first-order valence-corrected chi connectivity index (χ1v) is 21.5. The monoisotopic (exact) mass is 770 g/mol. The first-order valence-electron chi connectivity index (χ1n) is 19.9. The van der Waals surface area contributed by atoms with Gasteiger partial charge in [0.1, 0.15) is 18.2 Å². The highest BCUT2D eigenvalue weighted by Gasteiger charge is 2.27. The lowest BCUT2D eigenvalue weighted by Crippen LogP contribution is -2.44. The second-order valence-corrected chi connectivity index (χ2v) is 17.6. The predicted octanol–water partition coefficient (Wildman–Crippen LogP) is 13.0. The summed E-state index contributed by atoms with van der Waals surface area (Å²) in [4.78, 5) is 6.63. The van der Waals surface area contributed by atoms with E-state index in [-0.39, 0.29) is 18.4 Å². The van der Waals surface area contributed by atoms with Crippen molar-refractivity contribution in [2.45, 2.75) is 37.6 Å². The number of aromatic nitrogens is 1. The number of para-hydroxylation sites is 1. The Labute approximate surface area is 339 Å². The number of hydrogen-bond donors (Lipinski definition) is 2. The second-order valence-electron chi connectivity index (χ2n) is 15.4. The van der Waals surface area contributed by atoms with Crippen molar-refractivity contribution in [2.24, 2.45) is 4.99 Å². The molecule has 4 nitrogen and oxygen atoms in total. The predicted molar refractivity (Wildman–Crippen MR) is 242 cm³/mol. The van der Waals surface area contributed by atoms with Crippen LogP contribution in [0.25, 0.3) is 64.4 Å². The van der Waals surface area contributed by atoms with Gasteiger partial charge in [0.05, 0.1) is 6.04 Å². The lowest BCUT2D eigenvalue weighted by molar-refractivity contribution is 0.409. The summed E-state index contributed by atoms with van der Waals surface area (Å²) in [6, 6.07) is 51.3. The molecular formula is C51H38N4S2. The van der Waals surface area contributed by atoms with Gasteiger partial charge in [0.25, 0.3) is 0 Å². The van der Waals surface area contributed by atoms with E-state index < -0.39 is 0 Å². The standard InChI is InChI=1S/C51H38N4S2/c1-3-11-31(12-4-1)49-52-50(32-13-5-2-6-14-32)54-51(53-49)35-21-25-47-41(29-35)39-27-33(19-23-45(39)56-47)34-20-24-46-40(28-34)42-30-36(22-26-48(42)57-46)55-43-17-9-7-15-37(43)38-16-8-10-18-44(38)55/h1-7,9-15,17-29,36,49-50,52H,8,16,30H2,(H,53,54). The van der Waals surface area contributed by atoms with Gasteiger partial charge in [-0.15, -0.1) is 22.7 Å². The number of hydrogen-bond acceptors (Lipinski definition) is 5. The van der Waals surface area contributed by atoms with E-state index >= 15 is 0 Å². The fraction of sp³-hybridized carbons (Fsp3) is 0.118. The molecule has 1 aliphatic heterocycles. The first-order chi connectivity index (χ1) is 28.2. The van der Waals surface area contributed by atoms with Crippen molar-refractivity contribution in [3.05, 3.63) is 190 Å². The number of amidine groups is 1. The first kappa shape index (κ1) is 33.1. The van der Waals surface area contributed by atoms with Gasteiger partial charge < -0.3 is 9.88 Å². The summed E-state index contributed by atoms with van der Waals surface area (Å²) < 4.78 is 6.55. The van der Waals surface area contributed by atoms with Gasteiger partial charge in [-0.3, -0.25) is 5.32 Å². The average Bonchev–Trinajstić information content (AvgIpc) is 3.95. The van der Waals surface area contributed by atoms with Crippen molar-refractivity contribution < 1.29 is 0 Å². The van der Waals surface area contributed by atoms with E-state index in [0.29, 0.717) is 0 Å². The van der Waals surface area contributed by atoms with Crippen LogP contribution in [0, 0.1) is 0 Å². The molecule has 2 N–H and O–H groups in total. The van der Waals surface area contributed by atoms with Crippen LogP contribution in [0.3, 0.4) is 0 Å². The Bertz CT molecular complexity index is 3130. The fourth-order valence-electron chi connectivity index (χ4n) is 9.35. The average molecular weight is 771 g/mol. The molecule has 274 valence electrons. The number of benzene rings is 6. The summed E-state index contributed by atoms with van der Waals surface area (Å²) in [6.45, 7) is 0. The molecule has 6 aromatic carbocycles. The Morgan fingerprint density at radius 2 is 1.26 bits per heavy atom. The van der Waals surface area contributed by atoms with E-state index in [1.807, 2.05) is 22.7 Å². The van der Waals surface area contributed by atoms with Crippen molar-refractivity contribution in [1.29, 1.82) is 0 Å². The van der Waals surface area contributed by atoms with E-state index in [2.05, 4.69) is 179 Å². The van der Waals surface area contributed by atoms with Gasteiger partial charge in [-0.05, 0) is 119 Å². The summed E-state index contributed by atoms with van der Waals surface area (Å²) in [5.74, 6) is 0.901. The smallest absolute Gasteiger partial charge is 0.131 e. The zero-order chi connectivity index (χ0) is 37.5. The fourth-order valence-corrected chi connectivity index (χ4v) is 11.5. The molecule has 9 aromatic rings. The summed E-state index contributed by atoms with van der Waals surface area (Å²) in [5.41, 5.74) is 11.6. The van der Waals surface area contributed by atoms with Gasteiger partial charge in [-0.2, -0.15) is 0 Å². The normalized spacial score (nSPS) is 18.9. The van der Waals surface area contributed by atoms with Gasteiger partial charge in [-0.1, -0.05) is 103 Å². The molecule has 3 aromatic heterocycles. The van der Waals surface area contributed by atoms with Crippen LogP contribution in [0.15, 0.2) is 157 Å². The maximum atomic E-state index is 5.24. The summed E-state index contributed by atoms with van der Waals surface area (Å²) in [7, 11) is 0. The molecule has 0 bridgehead atoms. The summed E-state index contributed by atoms with van der Waals surface area (Å²) >= 11 is 3.79. The van der Waals surface area contributed by atoms with Crippen LogP contribution in [0.2, 0.25) is 0 Å². The van der Waals surface area contributed by atoms with E-state index in [0.717, 1.165) is 36.2 Å². The van der Waals surface area contributed by atoms with E-state index in [9.17, 15) is 0 Å². The molecule has 4 heterocycles. The SMILES string of the molecule is C1=Cc2c(c3ccccc3n2C2C=Cc3sc4ccc(-c5ccc6sc7ccc(C8=NC(c9ccccc9)NC(c9ccccc9)N8)cc7c6c5)cc4c3C2)CC1. The van der Waals surface area contributed by atoms with Crippen LogP contribution in [-0.4, -0.2) is 10.4 Å². The highest BCUT2D eigenvalue weighted by molar-refractivity contribution is 7.25. The van der Waals surface area contributed by atoms with Crippen LogP contribution in [0.1, 0.15) is 63.2 Å². The highest BCUT2D eigenvalue weighted by Crippen LogP contribution is 2.44. The number of nitrogens with zero attached hydrogens (tertiary/aromatic N) is 2. The third-order valence-corrected chi connectivity index (χ3v) is 14.4. The number of aryl methyl sites for hydroxylation is 1. The molecule has 3 unspecified atom stereocenters. The molecule has 57 heavy (non-hydrogen) atoms. The Morgan fingerprint density at radius 1 is 0.596 bits per heavy atom. The van der Waals surface area contributed by atoms with Crippen LogP contribution in [0.4, 0.5) is 0 Å². The molecular weight excluding hydrogens is 733 g/mol. The Hall–Kier alpha value is -6.05. The molecule has 0 radical (unpaired) electrons. The van der Waals surface area contributed by atoms with E-state index in [1.165, 1.54) is 79.5 Å². The molecule has 12 rings (SSSR count). The van der Waals surface area contributed by atoms with Crippen molar-refractivity contribution in [1.82, 2.24) is 15.2 Å². The minimum Gasteiger partial charge on any atom is -0.350 e. The number of allylic oxidation sites excluding steroid dienone is 2. The number of fused-ring (bicyclic) bond motifs is 9. The minimum absolute atomic E-state index is 0.0706. The largest absolute Gasteiger partial charge is 0.350 e. The molecule has 3 aliphatic rings. The molecule has 6 heteroatoms. The number of rotatable bonds is 5. The van der Waals surface area contributed by atoms with Crippen molar-refractivity contribution >= 4 is 81.8 Å². The minimum atomic E-state index is -0.164. The van der Waals surface area contributed by atoms with Gasteiger partial charge in [-0.25, -0.2) is 4.99 Å². The number of aliphatic imine (C=N–C) groups is 1. The van der Waals surface area contributed by atoms with E-state index in [4.69, 9.17) is 4.99 Å². The van der Waals surface area contributed by atoms with Crippen LogP contribution < -0.4 is 10.6 Å². The molecule has 2 aliphatic carbocycles. The second kappa shape index (κ2) is 13.3. The van der Waals surface area contributed by atoms with Gasteiger partial charge in [0.15, 0.2) is 0 Å². The molecule has 3 atom stereocenters. The lowest BCUT2D eigenvalue weighted by atomic mass is 9.94. The molecule has 0 saturated heterocycles. The maximum absolute atomic E-state index is 5.24. The third kappa shape index (κ3) is 5.54. The maximum Gasteiger partial charge on any atom is 0.131 e. The highest BCUT2D eigenvalue weighted by atomic mass is 32.1. The van der Waals surface area contributed by atoms with Gasteiger partial charge in [0, 0.05) is 51.9 Å². The number of nitrogens with one attached hydrogen (secondary N) is 2.